The highest BCUT2D eigenvalue weighted by atomic mass is 16.3. The van der Waals surface area contributed by atoms with Crippen LogP contribution in [0.25, 0.3) is 0 Å². The Labute approximate surface area is 84.8 Å². The van der Waals surface area contributed by atoms with Gasteiger partial charge in [-0.15, -0.1) is 0 Å². The monoisotopic (exact) mass is 197 g/mol. The van der Waals surface area contributed by atoms with Gasteiger partial charge >= 0.3 is 0 Å². The van der Waals surface area contributed by atoms with E-state index < -0.39 is 0 Å². The molecule has 80 valence electrons. The van der Waals surface area contributed by atoms with Gasteiger partial charge in [0.15, 0.2) is 0 Å². The molecule has 0 saturated heterocycles. The fraction of sp³-hybridized carbons (Fsp3) is 0.636. The minimum Gasteiger partial charge on any atom is -0.393 e. The smallest absolute Gasteiger partial charge is 0.0544 e. The normalized spacial score (nSPS) is 15.4. The van der Waals surface area contributed by atoms with Crippen molar-refractivity contribution < 1.29 is 10.2 Å². The first kappa shape index (κ1) is 11.3. The lowest BCUT2D eigenvalue weighted by Gasteiger charge is -2.10. The molecule has 0 aliphatic heterocycles. The highest BCUT2D eigenvalue weighted by molar-refractivity contribution is 5.08. The van der Waals surface area contributed by atoms with E-state index in [1.165, 1.54) is 5.56 Å². The average Bonchev–Trinajstić information content (AvgIpc) is 2.63. The van der Waals surface area contributed by atoms with Crippen molar-refractivity contribution in [3.05, 3.63) is 24.0 Å². The standard InChI is InChI=1S/C11H19NO2/c1-9(13)2-4-11(14)5-3-10-6-7-12-8-10/h6-9,11-14H,2-5H2,1H3. The molecule has 3 heteroatoms. The van der Waals surface area contributed by atoms with Crippen LogP contribution in [0.5, 0.6) is 0 Å². The Morgan fingerprint density at radius 3 is 2.64 bits per heavy atom. The summed E-state index contributed by atoms with van der Waals surface area (Å²) in [6.07, 6.45) is 6.25. The maximum Gasteiger partial charge on any atom is 0.0544 e. The van der Waals surface area contributed by atoms with Crippen LogP contribution in [0.1, 0.15) is 31.7 Å². The largest absolute Gasteiger partial charge is 0.393 e. The number of aromatic amines is 1. The average molecular weight is 197 g/mol. The molecule has 0 saturated carbocycles. The Bertz CT molecular complexity index is 231. The lowest BCUT2D eigenvalue weighted by molar-refractivity contribution is 0.117. The first-order valence-electron chi connectivity index (χ1n) is 5.16. The lowest BCUT2D eigenvalue weighted by Crippen LogP contribution is -2.11. The lowest BCUT2D eigenvalue weighted by atomic mass is 10.0. The third kappa shape index (κ3) is 4.44. The molecule has 2 unspecified atom stereocenters. The van der Waals surface area contributed by atoms with Crippen LogP contribution in [0.2, 0.25) is 0 Å². The summed E-state index contributed by atoms with van der Waals surface area (Å²) in [7, 11) is 0. The van der Waals surface area contributed by atoms with Gasteiger partial charge < -0.3 is 15.2 Å². The molecule has 0 aliphatic rings. The number of hydrogen-bond donors (Lipinski definition) is 3. The number of H-pyrrole nitrogens is 1. The second-order valence-corrected chi connectivity index (χ2v) is 3.84. The molecular formula is C11H19NO2. The van der Waals surface area contributed by atoms with E-state index in [-0.39, 0.29) is 12.2 Å². The summed E-state index contributed by atoms with van der Waals surface area (Å²) in [6.45, 7) is 1.75. The third-order valence-corrected chi connectivity index (χ3v) is 2.35. The molecule has 1 aromatic rings. The van der Waals surface area contributed by atoms with Crippen molar-refractivity contribution >= 4 is 0 Å². The Balaban J connectivity index is 2.12. The summed E-state index contributed by atoms with van der Waals surface area (Å²) in [5.41, 5.74) is 1.22. The van der Waals surface area contributed by atoms with Gasteiger partial charge in [-0.2, -0.15) is 0 Å². The van der Waals surface area contributed by atoms with Gasteiger partial charge in [-0.25, -0.2) is 0 Å². The number of aromatic nitrogens is 1. The summed E-state index contributed by atoms with van der Waals surface area (Å²) in [5.74, 6) is 0. The minimum absolute atomic E-state index is 0.292. The van der Waals surface area contributed by atoms with Crippen LogP contribution in [0.3, 0.4) is 0 Å². The van der Waals surface area contributed by atoms with Crippen molar-refractivity contribution in [3.8, 4) is 0 Å². The second-order valence-electron chi connectivity index (χ2n) is 3.84. The maximum absolute atomic E-state index is 9.58. The summed E-state index contributed by atoms with van der Waals surface area (Å²) < 4.78 is 0. The molecule has 0 spiro atoms. The summed E-state index contributed by atoms with van der Waals surface area (Å²) in [6, 6.07) is 2.02. The van der Waals surface area contributed by atoms with Gasteiger partial charge in [-0.3, -0.25) is 0 Å². The molecule has 1 rings (SSSR count). The number of aliphatic hydroxyl groups excluding tert-OH is 2. The molecule has 1 heterocycles. The molecular weight excluding hydrogens is 178 g/mol. The number of hydrogen-bond acceptors (Lipinski definition) is 2. The van der Waals surface area contributed by atoms with Gasteiger partial charge in [-0.05, 0) is 44.2 Å². The van der Waals surface area contributed by atoms with Gasteiger partial charge in [0.25, 0.3) is 0 Å². The highest BCUT2D eigenvalue weighted by Gasteiger charge is 2.06. The van der Waals surface area contributed by atoms with Crippen LogP contribution in [0.15, 0.2) is 18.5 Å². The number of rotatable bonds is 6. The Kier molecular flexibility index (Phi) is 4.70. The van der Waals surface area contributed by atoms with Crippen LogP contribution >= 0.6 is 0 Å². The quantitative estimate of drug-likeness (QED) is 0.647. The third-order valence-electron chi connectivity index (χ3n) is 2.35. The molecule has 0 amide bonds. The molecule has 2 atom stereocenters. The van der Waals surface area contributed by atoms with Crippen molar-refractivity contribution in [1.82, 2.24) is 4.98 Å². The van der Waals surface area contributed by atoms with Gasteiger partial charge in [0.1, 0.15) is 0 Å². The molecule has 0 aliphatic carbocycles. The molecule has 1 aromatic heterocycles. The fourth-order valence-electron chi connectivity index (χ4n) is 1.43. The second kappa shape index (κ2) is 5.83. The van der Waals surface area contributed by atoms with E-state index in [0.29, 0.717) is 12.8 Å². The van der Waals surface area contributed by atoms with Crippen LogP contribution in [-0.2, 0) is 6.42 Å². The zero-order chi connectivity index (χ0) is 10.4. The van der Waals surface area contributed by atoms with Crippen molar-refractivity contribution in [2.75, 3.05) is 0 Å². The highest BCUT2D eigenvalue weighted by Crippen LogP contribution is 2.09. The van der Waals surface area contributed by atoms with E-state index in [2.05, 4.69) is 4.98 Å². The zero-order valence-corrected chi connectivity index (χ0v) is 8.61. The van der Waals surface area contributed by atoms with Gasteiger partial charge in [-0.1, -0.05) is 0 Å². The SMILES string of the molecule is CC(O)CCC(O)CCc1cc[nH]c1. The van der Waals surface area contributed by atoms with E-state index in [4.69, 9.17) is 5.11 Å². The van der Waals surface area contributed by atoms with Crippen LogP contribution < -0.4 is 0 Å². The van der Waals surface area contributed by atoms with E-state index in [1.807, 2.05) is 18.5 Å². The predicted octanol–water partition coefficient (Wildman–Crippen LogP) is 1.47. The molecule has 14 heavy (non-hydrogen) atoms. The first-order valence-corrected chi connectivity index (χ1v) is 5.16. The van der Waals surface area contributed by atoms with Crippen molar-refractivity contribution in [2.24, 2.45) is 0 Å². The van der Waals surface area contributed by atoms with Gasteiger partial charge in [0.2, 0.25) is 0 Å². The molecule has 0 radical (unpaired) electrons. The molecule has 0 fully saturated rings. The Morgan fingerprint density at radius 1 is 1.29 bits per heavy atom. The van der Waals surface area contributed by atoms with Crippen molar-refractivity contribution in [1.29, 1.82) is 0 Å². The Morgan fingerprint density at radius 2 is 2.07 bits per heavy atom. The van der Waals surface area contributed by atoms with Gasteiger partial charge in [0.05, 0.1) is 12.2 Å². The van der Waals surface area contributed by atoms with Crippen molar-refractivity contribution in [3.63, 3.8) is 0 Å². The fourth-order valence-corrected chi connectivity index (χ4v) is 1.43. The molecule has 0 aromatic carbocycles. The Hall–Kier alpha value is -0.800. The number of nitrogens with one attached hydrogen (secondary N) is 1. The van der Waals surface area contributed by atoms with E-state index >= 15 is 0 Å². The minimum atomic E-state index is -0.308. The summed E-state index contributed by atoms with van der Waals surface area (Å²) >= 11 is 0. The van der Waals surface area contributed by atoms with E-state index in [1.54, 1.807) is 6.92 Å². The van der Waals surface area contributed by atoms with Crippen molar-refractivity contribution in [2.45, 2.75) is 44.8 Å². The number of aliphatic hydroxyl groups is 2. The van der Waals surface area contributed by atoms with Crippen LogP contribution in [-0.4, -0.2) is 27.4 Å². The van der Waals surface area contributed by atoms with E-state index in [9.17, 15) is 5.11 Å². The predicted molar refractivity (Wildman–Crippen MR) is 56.0 cm³/mol. The maximum atomic E-state index is 9.58. The zero-order valence-electron chi connectivity index (χ0n) is 8.61. The van der Waals surface area contributed by atoms with Crippen LogP contribution in [0, 0.1) is 0 Å². The molecule has 3 nitrogen and oxygen atoms in total. The molecule has 3 N–H and O–H groups in total. The topological polar surface area (TPSA) is 56.2 Å². The van der Waals surface area contributed by atoms with E-state index in [0.717, 1.165) is 12.8 Å². The molecule has 0 bridgehead atoms. The summed E-state index contributed by atoms with van der Waals surface area (Å²) in [5, 5.41) is 18.6. The first-order chi connectivity index (χ1) is 6.68. The van der Waals surface area contributed by atoms with Gasteiger partial charge in [0, 0.05) is 12.4 Å². The number of aryl methyl sites for hydroxylation is 1. The van der Waals surface area contributed by atoms with Crippen LogP contribution in [0.4, 0.5) is 0 Å². The summed E-state index contributed by atoms with van der Waals surface area (Å²) in [4.78, 5) is 2.98.